The summed E-state index contributed by atoms with van der Waals surface area (Å²) in [6, 6.07) is 7.35. The van der Waals surface area contributed by atoms with E-state index >= 15 is 0 Å². The van der Waals surface area contributed by atoms with Crippen molar-refractivity contribution < 1.29 is 14.1 Å². The number of carbonyl (C=O) groups is 1. The molecular weight excluding hydrogens is 342 g/mol. The summed E-state index contributed by atoms with van der Waals surface area (Å²) in [6.45, 7) is 4.33. The van der Waals surface area contributed by atoms with Crippen LogP contribution in [0.2, 0.25) is 5.02 Å². The molecule has 1 saturated carbocycles. The first kappa shape index (κ1) is 17.9. The third-order valence-electron chi connectivity index (χ3n) is 4.06. The van der Waals surface area contributed by atoms with Gasteiger partial charge in [-0.25, -0.2) is 0 Å². The lowest BCUT2D eigenvalue weighted by atomic mass is 10.2. The molecule has 1 aromatic carbocycles. The van der Waals surface area contributed by atoms with Gasteiger partial charge in [0.15, 0.2) is 0 Å². The van der Waals surface area contributed by atoms with Gasteiger partial charge in [-0.1, -0.05) is 28.9 Å². The van der Waals surface area contributed by atoms with Crippen LogP contribution in [0.25, 0.3) is 11.4 Å². The van der Waals surface area contributed by atoms with Gasteiger partial charge in [0.2, 0.25) is 11.7 Å². The van der Waals surface area contributed by atoms with Gasteiger partial charge in [-0.3, -0.25) is 9.69 Å². The van der Waals surface area contributed by atoms with Crippen LogP contribution >= 0.6 is 11.6 Å². The average molecular weight is 364 g/mol. The second-order valence-electron chi connectivity index (χ2n) is 6.26. The molecule has 1 aliphatic carbocycles. The molecule has 0 saturated heterocycles. The maximum atomic E-state index is 11.6. The Kier molecular flexibility index (Phi) is 6.04. The Morgan fingerprint density at radius 1 is 1.44 bits per heavy atom. The highest BCUT2D eigenvalue weighted by Gasteiger charge is 2.25. The van der Waals surface area contributed by atoms with Crippen molar-refractivity contribution in [2.75, 3.05) is 19.7 Å². The average Bonchev–Trinajstić information content (AvgIpc) is 3.28. The van der Waals surface area contributed by atoms with Crippen LogP contribution < -0.4 is 0 Å². The molecule has 25 heavy (non-hydrogen) atoms. The van der Waals surface area contributed by atoms with Gasteiger partial charge >= 0.3 is 5.97 Å². The Bertz CT molecular complexity index is 715. The number of benzene rings is 1. The number of aromatic nitrogens is 2. The van der Waals surface area contributed by atoms with Crippen LogP contribution in [0.4, 0.5) is 0 Å². The van der Waals surface area contributed by atoms with E-state index in [2.05, 4.69) is 15.0 Å². The van der Waals surface area contributed by atoms with Crippen LogP contribution in [0.3, 0.4) is 0 Å². The van der Waals surface area contributed by atoms with Crippen LogP contribution in [-0.2, 0) is 16.1 Å². The minimum atomic E-state index is -0.173. The maximum Gasteiger partial charge on any atom is 0.307 e. The van der Waals surface area contributed by atoms with E-state index in [4.69, 9.17) is 20.9 Å². The third-order valence-corrected chi connectivity index (χ3v) is 4.30. The second-order valence-corrected chi connectivity index (χ2v) is 6.69. The van der Waals surface area contributed by atoms with Crippen molar-refractivity contribution in [1.29, 1.82) is 0 Å². The number of ether oxygens (including phenoxy) is 1. The first-order chi connectivity index (χ1) is 12.1. The van der Waals surface area contributed by atoms with Gasteiger partial charge in [0, 0.05) is 23.7 Å². The van der Waals surface area contributed by atoms with Gasteiger partial charge in [0.05, 0.1) is 19.6 Å². The van der Waals surface area contributed by atoms with Crippen LogP contribution in [0.5, 0.6) is 0 Å². The van der Waals surface area contributed by atoms with E-state index in [1.807, 2.05) is 19.1 Å². The number of carbonyl (C=O) groups excluding carboxylic acids is 1. The zero-order chi connectivity index (χ0) is 17.6. The Morgan fingerprint density at radius 3 is 3.00 bits per heavy atom. The van der Waals surface area contributed by atoms with E-state index < -0.39 is 0 Å². The SMILES string of the molecule is CCOC(=O)CCN(Cc1nc(-c2cccc(Cl)c2)no1)CC1CC1. The Balaban J connectivity index is 1.62. The van der Waals surface area contributed by atoms with Gasteiger partial charge in [-0.2, -0.15) is 4.98 Å². The molecule has 2 aromatic rings. The van der Waals surface area contributed by atoms with Gasteiger partial charge < -0.3 is 9.26 Å². The Labute approximate surface area is 152 Å². The molecule has 134 valence electrons. The molecule has 0 radical (unpaired) electrons. The molecule has 7 heteroatoms. The molecule has 3 rings (SSSR count). The van der Waals surface area contributed by atoms with E-state index in [9.17, 15) is 4.79 Å². The molecule has 1 aliphatic rings. The highest BCUT2D eigenvalue weighted by atomic mass is 35.5. The van der Waals surface area contributed by atoms with Gasteiger partial charge in [-0.05, 0) is 37.8 Å². The zero-order valence-electron chi connectivity index (χ0n) is 14.3. The zero-order valence-corrected chi connectivity index (χ0v) is 15.0. The summed E-state index contributed by atoms with van der Waals surface area (Å²) in [5.74, 6) is 1.60. The molecule has 6 nitrogen and oxygen atoms in total. The quantitative estimate of drug-likeness (QED) is 0.634. The van der Waals surface area contributed by atoms with Crippen LogP contribution in [0.15, 0.2) is 28.8 Å². The fourth-order valence-corrected chi connectivity index (χ4v) is 2.83. The van der Waals surface area contributed by atoms with E-state index in [-0.39, 0.29) is 5.97 Å². The van der Waals surface area contributed by atoms with Crippen molar-refractivity contribution in [1.82, 2.24) is 15.0 Å². The monoisotopic (exact) mass is 363 g/mol. The molecule has 1 heterocycles. The number of halogens is 1. The fraction of sp³-hybridized carbons (Fsp3) is 0.500. The van der Waals surface area contributed by atoms with Gasteiger partial charge in [0.25, 0.3) is 0 Å². The van der Waals surface area contributed by atoms with Crippen molar-refractivity contribution in [3.05, 3.63) is 35.2 Å². The maximum absolute atomic E-state index is 11.6. The standard InChI is InChI=1S/C18H22ClN3O3/c1-2-24-17(23)8-9-22(11-13-6-7-13)12-16-20-18(21-25-16)14-4-3-5-15(19)10-14/h3-5,10,13H,2,6-9,11-12H2,1H3. The molecule has 0 amide bonds. The third kappa shape index (κ3) is 5.54. The van der Waals surface area contributed by atoms with Gasteiger partial charge in [-0.15, -0.1) is 0 Å². The molecule has 1 aromatic heterocycles. The lowest BCUT2D eigenvalue weighted by Crippen LogP contribution is -2.28. The van der Waals surface area contributed by atoms with Crippen molar-refractivity contribution in [2.45, 2.75) is 32.7 Å². The summed E-state index contributed by atoms with van der Waals surface area (Å²) in [5, 5.41) is 4.67. The number of esters is 1. The van der Waals surface area contributed by atoms with Crippen LogP contribution in [0.1, 0.15) is 32.1 Å². The highest BCUT2D eigenvalue weighted by molar-refractivity contribution is 6.30. The van der Waals surface area contributed by atoms with Crippen molar-refractivity contribution in [3.8, 4) is 11.4 Å². The molecule has 0 unspecified atom stereocenters. The minimum Gasteiger partial charge on any atom is -0.466 e. The van der Waals surface area contributed by atoms with E-state index in [1.54, 1.807) is 12.1 Å². The lowest BCUT2D eigenvalue weighted by molar-refractivity contribution is -0.143. The predicted molar refractivity (Wildman–Crippen MR) is 94.0 cm³/mol. The fourth-order valence-electron chi connectivity index (χ4n) is 2.64. The number of rotatable bonds is 9. The van der Waals surface area contributed by atoms with Crippen LogP contribution in [0, 0.1) is 5.92 Å². The lowest BCUT2D eigenvalue weighted by Gasteiger charge is -2.19. The highest BCUT2D eigenvalue weighted by Crippen LogP contribution is 2.30. The molecule has 1 fully saturated rings. The minimum absolute atomic E-state index is 0.173. The Hall–Kier alpha value is -1.92. The van der Waals surface area contributed by atoms with Crippen LogP contribution in [-0.4, -0.2) is 40.7 Å². The smallest absolute Gasteiger partial charge is 0.307 e. The number of hydrogen-bond donors (Lipinski definition) is 0. The largest absolute Gasteiger partial charge is 0.466 e. The second kappa shape index (κ2) is 8.45. The summed E-state index contributed by atoms with van der Waals surface area (Å²) >= 11 is 6.01. The summed E-state index contributed by atoms with van der Waals surface area (Å²) in [4.78, 5) is 18.3. The van der Waals surface area contributed by atoms with Crippen molar-refractivity contribution >= 4 is 17.6 Å². The van der Waals surface area contributed by atoms with E-state index in [0.717, 1.165) is 12.1 Å². The summed E-state index contributed by atoms with van der Waals surface area (Å²) < 4.78 is 10.4. The molecular formula is C18H22ClN3O3. The summed E-state index contributed by atoms with van der Waals surface area (Å²) in [6.07, 6.45) is 2.86. The topological polar surface area (TPSA) is 68.5 Å². The Morgan fingerprint density at radius 2 is 2.28 bits per heavy atom. The molecule has 0 bridgehead atoms. The normalized spacial score (nSPS) is 14.0. The van der Waals surface area contributed by atoms with Gasteiger partial charge in [0.1, 0.15) is 0 Å². The first-order valence-corrected chi connectivity index (χ1v) is 8.98. The predicted octanol–water partition coefficient (Wildman–Crippen LogP) is 3.56. The van der Waals surface area contributed by atoms with E-state index in [0.29, 0.717) is 48.8 Å². The number of nitrogens with zero attached hydrogens (tertiary/aromatic N) is 3. The first-order valence-electron chi connectivity index (χ1n) is 8.60. The van der Waals surface area contributed by atoms with Crippen molar-refractivity contribution in [3.63, 3.8) is 0 Å². The molecule has 0 atom stereocenters. The molecule has 0 spiro atoms. The summed E-state index contributed by atoms with van der Waals surface area (Å²) in [7, 11) is 0. The van der Waals surface area contributed by atoms with E-state index in [1.165, 1.54) is 12.8 Å². The van der Waals surface area contributed by atoms with Crippen molar-refractivity contribution in [2.24, 2.45) is 5.92 Å². The summed E-state index contributed by atoms with van der Waals surface area (Å²) in [5.41, 5.74) is 0.822. The molecule has 0 N–H and O–H groups in total. The number of hydrogen-bond acceptors (Lipinski definition) is 6. The molecule has 0 aliphatic heterocycles.